The Labute approximate surface area is 140 Å². The van der Waals surface area contributed by atoms with E-state index in [1.165, 1.54) is 0 Å². The Morgan fingerprint density at radius 2 is 1.83 bits per heavy atom. The third-order valence-corrected chi connectivity index (χ3v) is 6.00. The van der Waals surface area contributed by atoms with Gasteiger partial charge in [-0.3, -0.25) is 0 Å². The molecule has 5 nitrogen and oxygen atoms in total. The summed E-state index contributed by atoms with van der Waals surface area (Å²) in [4.78, 5) is 0.346. The van der Waals surface area contributed by atoms with Gasteiger partial charge in [-0.15, -0.1) is 0 Å². The van der Waals surface area contributed by atoms with Gasteiger partial charge in [0.15, 0.2) is 0 Å². The van der Waals surface area contributed by atoms with E-state index in [1.54, 1.807) is 28.6 Å². The molecule has 1 heterocycles. The minimum absolute atomic E-state index is 0.0771. The molecule has 2 rings (SSSR count). The summed E-state index contributed by atoms with van der Waals surface area (Å²) in [6, 6.07) is 6.73. The summed E-state index contributed by atoms with van der Waals surface area (Å²) in [6.07, 6.45) is 1.91. The second kappa shape index (κ2) is 8.13. The van der Waals surface area contributed by atoms with Crippen LogP contribution in [0.3, 0.4) is 0 Å². The fourth-order valence-corrected chi connectivity index (χ4v) is 4.28. The van der Waals surface area contributed by atoms with Gasteiger partial charge in [-0.2, -0.15) is 4.31 Å². The summed E-state index contributed by atoms with van der Waals surface area (Å²) in [5.74, 6) is 1.27. The predicted molar refractivity (Wildman–Crippen MR) is 92.2 cm³/mol. The highest BCUT2D eigenvalue weighted by atomic mass is 32.2. The highest BCUT2D eigenvalue weighted by molar-refractivity contribution is 7.89. The summed E-state index contributed by atoms with van der Waals surface area (Å²) < 4.78 is 32.6. The first-order valence-corrected chi connectivity index (χ1v) is 9.85. The van der Waals surface area contributed by atoms with Crippen LogP contribution in [0.4, 0.5) is 0 Å². The van der Waals surface area contributed by atoms with Crippen LogP contribution in [-0.4, -0.2) is 45.0 Å². The number of nitrogens with zero attached hydrogens (tertiary/aromatic N) is 1. The maximum Gasteiger partial charge on any atom is 0.243 e. The lowest BCUT2D eigenvalue weighted by Gasteiger charge is -2.31. The van der Waals surface area contributed by atoms with Gasteiger partial charge in [-0.05, 0) is 70.0 Å². The van der Waals surface area contributed by atoms with Crippen molar-refractivity contribution in [3.63, 3.8) is 0 Å². The van der Waals surface area contributed by atoms with Crippen molar-refractivity contribution in [3.8, 4) is 5.75 Å². The minimum Gasteiger partial charge on any atom is -0.491 e. The molecule has 1 aromatic carbocycles. The standard InChI is InChI=1S/C17H28N2O3S/c1-4-18-13-15-9-11-19(12-10-15)23(20,21)17-7-5-16(6-8-17)22-14(2)3/h5-8,14-15,18H,4,9-13H2,1-3H3. The van der Waals surface area contributed by atoms with E-state index in [4.69, 9.17) is 4.74 Å². The minimum atomic E-state index is -3.39. The van der Waals surface area contributed by atoms with Crippen molar-refractivity contribution in [3.05, 3.63) is 24.3 Å². The molecule has 6 heteroatoms. The lowest BCUT2D eigenvalue weighted by Crippen LogP contribution is -2.40. The fourth-order valence-electron chi connectivity index (χ4n) is 2.81. The molecule has 1 saturated heterocycles. The van der Waals surface area contributed by atoms with Crippen molar-refractivity contribution in [2.24, 2.45) is 5.92 Å². The molecule has 0 bridgehead atoms. The summed E-state index contributed by atoms with van der Waals surface area (Å²) in [6.45, 7) is 9.12. The number of piperidine rings is 1. The van der Waals surface area contributed by atoms with E-state index in [9.17, 15) is 8.42 Å². The van der Waals surface area contributed by atoms with Crippen molar-refractivity contribution < 1.29 is 13.2 Å². The number of ether oxygens (including phenoxy) is 1. The summed E-state index contributed by atoms with van der Waals surface area (Å²) in [5.41, 5.74) is 0. The average Bonchev–Trinajstić information content (AvgIpc) is 2.53. The molecule has 0 aromatic heterocycles. The molecule has 23 heavy (non-hydrogen) atoms. The Morgan fingerprint density at radius 3 is 2.35 bits per heavy atom. The fraction of sp³-hybridized carbons (Fsp3) is 0.647. The molecule has 0 radical (unpaired) electrons. The Morgan fingerprint density at radius 1 is 1.22 bits per heavy atom. The second-order valence-corrected chi connectivity index (χ2v) is 8.23. The van der Waals surface area contributed by atoms with Crippen LogP contribution in [0.1, 0.15) is 33.6 Å². The number of hydrogen-bond acceptors (Lipinski definition) is 4. The Kier molecular flexibility index (Phi) is 6.44. The van der Waals surface area contributed by atoms with Crippen molar-refractivity contribution in [2.45, 2.75) is 44.6 Å². The molecular formula is C17H28N2O3S. The van der Waals surface area contributed by atoms with Crippen LogP contribution in [0, 0.1) is 5.92 Å². The Balaban J connectivity index is 1.99. The highest BCUT2D eigenvalue weighted by Gasteiger charge is 2.29. The third-order valence-electron chi connectivity index (χ3n) is 4.09. The lowest BCUT2D eigenvalue weighted by atomic mass is 9.98. The Hall–Kier alpha value is -1.11. The van der Waals surface area contributed by atoms with Gasteiger partial charge < -0.3 is 10.1 Å². The zero-order valence-corrected chi connectivity index (χ0v) is 15.1. The molecule has 0 amide bonds. The van der Waals surface area contributed by atoms with Crippen molar-refractivity contribution in [2.75, 3.05) is 26.2 Å². The van der Waals surface area contributed by atoms with Crippen molar-refractivity contribution in [1.29, 1.82) is 0 Å². The second-order valence-electron chi connectivity index (χ2n) is 6.29. The van der Waals surface area contributed by atoms with Gasteiger partial charge in [0.05, 0.1) is 11.0 Å². The number of rotatable bonds is 7. The van der Waals surface area contributed by atoms with E-state index in [0.717, 1.165) is 25.9 Å². The highest BCUT2D eigenvalue weighted by Crippen LogP contribution is 2.25. The van der Waals surface area contributed by atoms with E-state index in [-0.39, 0.29) is 6.10 Å². The van der Waals surface area contributed by atoms with Crippen LogP contribution >= 0.6 is 0 Å². The molecule has 0 aliphatic carbocycles. The normalized spacial score (nSPS) is 17.6. The summed E-state index contributed by atoms with van der Waals surface area (Å²) in [5, 5.41) is 3.34. The third kappa shape index (κ3) is 4.93. The van der Waals surface area contributed by atoms with Gasteiger partial charge >= 0.3 is 0 Å². The quantitative estimate of drug-likeness (QED) is 0.828. The molecule has 1 aliphatic heterocycles. The van der Waals surface area contributed by atoms with Gasteiger partial charge in [0.25, 0.3) is 0 Å². The molecule has 1 N–H and O–H groups in total. The monoisotopic (exact) mass is 340 g/mol. The van der Waals surface area contributed by atoms with Crippen LogP contribution in [0.2, 0.25) is 0 Å². The van der Waals surface area contributed by atoms with Crippen molar-refractivity contribution >= 4 is 10.0 Å². The van der Waals surface area contributed by atoms with E-state index < -0.39 is 10.0 Å². The molecule has 1 fully saturated rings. The first-order chi connectivity index (χ1) is 10.9. The number of benzene rings is 1. The molecule has 0 atom stereocenters. The topological polar surface area (TPSA) is 58.6 Å². The largest absolute Gasteiger partial charge is 0.491 e. The van der Waals surface area contributed by atoms with E-state index in [0.29, 0.717) is 29.7 Å². The molecule has 0 saturated carbocycles. The number of nitrogens with one attached hydrogen (secondary N) is 1. The lowest BCUT2D eigenvalue weighted by molar-refractivity contribution is 0.242. The SMILES string of the molecule is CCNCC1CCN(S(=O)(=O)c2ccc(OC(C)C)cc2)CC1. The van der Waals surface area contributed by atoms with Gasteiger partial charge in [0, 0.05) is 13.1 Å². The summed E-state index contributed by atoms with van der Waals surface area (Å²) >= 11 is 0. The maximum absolute atomic E-state index is 12.7. The van der Waals surface area contributed by atoms with E-state index >= 15 is 0 Å². The molecule has 130 valence electrons. The van der Waals surface area contributed by atoms with Gasteiger partial charge in [-0.25, -0.2) is 8.42 Å². The Bertz CT molecular complexity index is 576. The number of hydrogen-bond donors (Lipinski definition) is 1. The van der Waals surface area contributed by atoms with Crippen LogP contribution in [0.25, 0.3) is 0 Å². The van der Waals surface area contributed by atoms with Crippen molar-refractivity contribution in [1.82, 2.24) is 9.62 Å². The molecule has 0 unspecified atom stereocenters. The predicted octanol–water partition coefficient (Wildman–Crippen LogP) is 2.48. The van der Waals surface area contributed by atoms with E-state index in [2.05, 4.69) is 12.2 Å². The smallest absolute Gasteiger partial charge is 0.243 e. The zero-order chi connectivity index (χ0) is 16.9. The van der Waals surface area contributed by atoms with Crippen LogP contribution in [-0.2, 0) is 10.0 Å². The van der Waals surface area contributed by atoms with Crippen LogP contribution < -0.4 is 10.1 Å². The number of sulfonamides is 1. The first kappa shape index (κ1) is 18.2. The summed E-state index contributed by atoms with van der Waals surface area (Å²) in [7, 11) is -3.39. The first-order valence-electron chi connectivity index (χ1n) is 8.41. The zero-order valence-electron chi connectivity index (χ0n) is 14.3. The van der Waals surface area contributed by atoms with Gasteiger partial charge in [-0.1, -0.05) is 6.92 Å². The molecular weight excluding hydrogens is 312 g/mol. The molecule has 0 spiro atoms. The average molecular weight is 340 g/mol. The van der Waals surface area contributed by atoms with E-state index in [1.807, 2.05) is 13.8 Å². The molecule has 1 aliphatic rings. The maximum atomic E-state index is 12.7. The van der Waals surface area contributed by atoms with Gasteiger partial charge in [0.2, 0.25) is 10.0 Å². The van der Waals surface area contributed by atoms with Crippen LogP contribution in [0.5, 0.6) is 5.75 Å². The van der Waals surface area contributed by atoms with Gasteiger partial charge in [0.1, 0.15) is 5.75 Å². The van der Waals surface area contributed by atoms with Crippen LogP contribution in [0.15, 0.2) is 29.2 Å². The molecule has 1 aromatic rings.